The number of hydrogen-bond donors (Lipinski definition) is 0. The number of morpholine rings is 2. The fourth-order valence-corrected chi connectivity index (χ4v) is 6.41. The van der Waals surface area contributed by atoms with Crippen LogP contribution in [0, 0.1) is 10.1 Å². The summed E-state index contributed by atoms with van der Waals surface area (Å²) in [5.41, 5.74) is -0.280. The van der Waals surface area contributed by atoms with Gasteiger partial charge in [-0.3, -0.25) is 10.1 Å². The molecule has 0 N–H and O–H groups in total. The number of nitrogens with zero attached hydrogens (tertiary/aromatic N) is 5. The largest absolute Gasteiger partial charge is 0.379 e. The molecule has 2 fully saturated rings. The first-order valence-electron chi connectivity index (χ1n) is 9.15. The van der Waals surface area contributed by atoms with Gasteiger partial charge in [0.15, 0.2) is 4.34 Å². The molecule has 1 aromatic heterocycles. The molecule has 4 rings (SSSR count). The van der Waals surface area contributed by atoms with E-state index in [2.05, 4.69) is 15.1 Å². The number of anilines is 1. The lowest BCUT2D eigenvalue weighted by molar-refractivity contribution is -0.388. The van der Waals surface area contributed by atoms with E-state index in [-0.39, 0.29) is 23.7 Å². The van der Waals surface area contributed by atoms with Crippen molar-refractivity contribution >= 4 is 43.9 Å². The normalized spacial score (nSPS) is 18.5. The number of sulfonamides is 1. The molecule has 0 bridgehead atoms. The number of hydrogen-bond acceptors (Lipinski definition) is 11. The van der Waals surface area contributed by atoms with Crippen LogP contribution >= 0.6 is 23.1 Å². The Labute approximate surface area is 181 Å². The van der Waals surface area contributed by atoms with Gasteiger partial charge in [-0.25, -0.2) is 8.42 Å². The predicted molar refractivity (Wildman–Crippen MR) is 110 cm³/mol. The van der Waals surface area contributed by atoms with Gasteiger partial charge in [0.05, 0.1) is 41.1 Å². The van der Waals surface area contributed by atoms with Crippen LogP contribution in [0.2, 0.25) is 0 Å². The zero-order valence-corrected chi connectivity index (χ0v) is 18.2. The van der Waals surface area contributed by atoms with Crippen molar-refractivity contribution in [2.45, 2.75) is 14.1 Å². The zero-order valence-electron chi connectivity index (χ0n) is 15.8. The Morgan fingerprint density at radius 1 is 1.07 bits per heavy atom. The van der Waals surface area contributed by atoms with Crippen LogP contribution in [-0.2, 0) is 19.5 Å². The number of nitro benzene ring substituents is 1. The van der Waals surface area contributed by atoms with E-state index in [4.69, 9.17) is 9.47 Å². The Morgan fingerprint density at radius 3 is 2.40 bits per heavy atom. The average Bonchev–Trinajstić information content (AvgIpc) is 3.23. The number of ether oxygens (including phenoxy) is 2. The Balaban J connectivity index is 1.57. The quantitative estimate of drug-likeness (QED) is 0.449. The molecule has 30 heavy (non-hydrogen) atoms. The molecule has 2 saturated heterocycles. The molecular formula is C16H19N5O6S3. The van der Waals surface area contributed by atoms with Crippen molar-refractivity contribution in [2.24, 2.45) is 0 Å². The van der Waals surface area contributed by atoms with Gasteiger partial charge < -0.3 is 14.4 Å². The Morgan fingerprint density at radius 2 is 1.73 bits per heavy atom. The zero-order chi connectivity index (χ0) is 21.1. The standard InChI is InChI=1S/C16H19N5O6S3/c22-21(23)13-11-12(30(24,25)20-5-9-27-10-6-20)1-2-14(13)28-16-18-17-15(29-16)19-3-7-26-8-4-19/h1-2,11H,3-10H2. The lowest BCUT2D eigenvalue weighted by atomic mass is 10.3. The van der Waals surface area contributed by atoms with Gasteiger partial charge >= 0.3 is 0 Å². The summed E-state index contributed by atoms with van der Waals surface area (Å²) in [6, 6.07) is 3.95. The van der Waals surface area contributed by atoms with Crippen LogP contribution in [0.1, 0.15) is 0 Å². The number of nitro groups is 1. The summed E-state index contributed by atoms with van der Waals surface area (Å²) in [7, 11) is -3.82. The second-order valence-electron chi connectivity index (χ2n) is 6.46. The minimum absolute atomic E-state index is 0.105. The molecule has 0 unspecified atom stereocenters. The van der Waals surface area contributed by atoms with E-state index in [0.29, 0.717) is 48.8 Å². The van der Waals surface area contributed by atoms with Crippen LogP contribution in [0.15, 0.2) is 32.3 Å². The fraction of sp³-hybridized carbons (Fsp3) is 0.500. The van der Waals surface area contributed by atoms with Gasteiger partial charge in [-0.1, -0.05) is 11.3 Å². The van der Waals surface area contributed by atoms with E-state index in [1.807, 2.05) is 0 Å². The molecule has 14 heteroatoms. The maximum atomic E-state index is 12.8. The van der Waals surface area contributed by atoms with Crippen LogP contribution in [0.25, 0.3) is 0 Å². The summed E-state index contributed by atoms with van der Waals surface area (Å²) in [6.07, 6.45) is 0. The van der Waals surface area contributed by atoms with Crippen molar-refractivity contribution in [1.29, 1.82) is 0 Å². The highest BCUT2D eigenvalue weighted by Gasteiger charge is 2.29. The first-order valence-corrected chi connectivity index (χ1v) is 12.2. The van der Waals surface area contributed by atoms with E-state index in [0.717, 1.165) is 23.0 Å². The summed E-state index contributed by atoms with van der Waals surface area (Å²) in [6.45, 7) is 3.72. The van der Waals surface area contributed by atoms with Crippen molar-refractivity contribution in [3.63, 3.8) is 0 Å². The maximum Gasteiger partial charge on any atom is 0.284 e. The van der Waals surface area contributed by atoms with Gasteiger partial charge in [0.2, 0.25) is 15.2 Å². The Bertz CT molecular complexity index is 1020. The van der Waals surface area contributed by atoms with Crippen molar-refractivity contribution < 1.29 is 22.8 Å². The molecule has 0 spiro atoms. The van der Waals surface area contributed by atoms with Gasteiger partial charge in [0.25, 0.3) is 5.69 Å². The van der Waals surface area contributed by atoms with Crippen molar-refractivity contribution in [3.05, 3.63) is 28.3 Å². The van der Waals surface area contributed by atoms with Gasteiger partial charge in [0.1, 0.15) is 0 Å². The van der Waals surface area contributed by atoms with Gasteiger partial charge in [0, 0.05) is 32.2 Å². The van der Waals surface area contributed by atoms with Crippen molar-refractivity contribution in [1.82, 2.24) is 14.5 Å². The van der Waals surface area contributed by atoms with Crippen LogP contribution in [0.4, 0.5) is 10.8 Å². The maximum absolute atomic E-state index is 12.8. The van der Waals surface area contributed by atoms with Crippen molar-refractivity contribution in [2.75, 3.05) is 57.5 Å². The highest BCUT2D eigenvalue weighted by Crippen LogP contribution is 2.39. The summed E-state index contributed by atoms with van der Waals surface area (Å²) in [5.74, 6) is 0. The fourth-order valence-electron chi connectivity index (χ4n) is 3.04. The van der Waals surface area contributed by atoms with Gasteiger partial charge in [-0.15, -0.1) is 10.2 Å². The number of aromatic nitrogens is 2. The van der Waals surface area contributed by atoms with Gasteiger partial charge in [-0.05, 0) is 23.9 Å². The summed E-state index contributed by atoms with van der Waals surface area (Å²) in [4.78, 5) is 13.3. The van der Waals surface area contributed by atoms with Crippen molar-refractivity contribution in [3.8, 4) is 0 Å². The third kappa shape index (κ3) is 4.58. The van der Waals surface area contributed by atoms with E-state index >= 15 is 0 Å². The molecule has 2 aliphatic rings. The molecule has 0 atom stereocenters. The predicted octanol–water partition coefficient (Wildman–Crippen LogP) is 1.45. The van der Waals surface area contributed by atoms with Crippen LogP contribution in [0.3, 0.4) is 0 Å². The second-order valence-corrected chi connectivity index (χ2v) is 10.6. The molecular weight excluding hydrogens is 454 g/mol. The average molecular weight is 474 g/mol. The topological polar surface area (TPSA) is 128 Å². The number of rotatable bonds is 6. The molecule has 1 aromatic carbocycles. The minimum Gasteiger partial charge on any atom is -0.379 e. The monoisotopic (exact) mass is 473 g/mol. The van der Waals surface area contributed by atoms with Crippen LogP contribution in [0.5, 0.6) is 0 Å². The highest BCUT2D eigenvalue weighted by molar-refractivity contribution is 8.01. The first-order chi connectivity index (χ1) is 14.4. The van der Waals surface area contributed by atoms with E-state index in [1.54, 1.807) is 0 Å². The number of benzene rings is 1. The summed E-state index contributed by atoms with van der Waals surface area (Å²) >= 11 is 2.43. The molecule has 2 aliphatic heterocycles. The summed E-state index contributed by atoms with van der Waals surface area (Å²) < 4.78 is 38.0. The van der Waals surface area contributed by atoms with Crippen LogP contribution < -0.4 is 4.90 Å². The van der Waals surface area contributed by atoms with E-state index in [9.17, 15) is 18.5 Å². The second kappa shape index (κ2) is 9.11. The lowest BCUT2D eigenvalue weighted by Gasteiger charge is -2.26. The molecule has 0 aliphatic carbocycles. The smallest absolute Gasteiger partial charge is 0.284 e. The third-order valence-corrected chi connectivity index (χ3v) is 8.60. The van der Waals surface area contributed by atoms with E-state index < -0.39 is 14.9 Å². The molecule has 2 aromatic rings. The lowest BCUT2D eigenvalue weighted by Crippen LogP contribution is -2.40. The molecule has 0 radical (unpaired) electrons. The Kier molecular flexibility index (Phi) is 6.50. The summed E-state index contributed by atoms with van der Waals surface area (Å²) in [5, 5.41) is 20.6. The highest BCUT2D eigenvalue weighted by atomic mass is 32.2. The third-order valence-electron chi connectivity index (χ3n) is 4.61. The van der Waals surface area contributed by atoms with E-state index in [1.165, 1.54) is 27.8 Å². The minimum atomic E-state index is -3.82. The molecule has 3 heterocycles. The first kappa shape index (κ1) is 21.4. The molecule has 162 valence electrons. The molecule has 11 nitrogen and oxygen atoms in total. The molecule has 0 amide bonds. The van der Waals surface area contributed by atoms with Crippen LogP contribution in [-0.4, -0.2) is 80.5 Å². The Hall–Kier alpha value is -1.84. The van der Waals surface area contributed by atoms with Gasteiger partial charge in [-0.2, -0.15) is 4.31 Å². The molecule has 0 saturated carbocycles. The SMILES string of the molecule is O=[N+]([O-])c1cc(S(=O)(=O)N2CCOCC2)ccc1Sc1nnc(N2CCOCC2)s1.